The highest BCUT2D eigenvalue weighted by molar-refractivity contribution is 5.72. The molecule has 0 bridgehead atoms. The first kappa shape index (κ1) is 21.8. The molecule has 0 radical (unpaired) electrons. The van der Waals surface area contributed by atoms with E-state index in [-0.39, 0.29) is 0 Å². The second-order valence-electron chi connectivity index (χ2n) is 4.21. The number of rotatable bonds is 4. The average molecular weight is 262 g/mol. The van der Waals surface area contributed by atoms with Crippen LogP contribution in [0.25, 0.3) is 0 Å². The van der Waals surface area contributed by atoms with Crippen LogP contribution >= 0.6 is 0 Å². The Balaban J connectivity index is -0.000000187. The molecule has 0 heterocycles. The summed E-state index contributed by atoms with van der Waals surface area (Å²) in [6.07, 6.45) is 3.29. The highest BCUT2D eigenvalue weighted by Crippen LogP contribution is 1.93. The molecule has 2 amide bonds. The Morgan fingerprint density at radius 3 is 1.22 bits per heavy atom. The molecule has 0 unspecified atom stereocenters. The quantitative estimate of drug-likeness (QED) is 0.254. The van der Waals surface area contributed by atoms with Crippen molar-refractivity contribution < 1.29 is 14.4 Å². The van der Waals surface area contributed by atoms with Gasteiger partial charge in [0, 0.05) is 12.8 Å². The standard InChI is InChI=1S/2C5H10O.CH6N4O/c2*1-5(2)3-4-6;2-4-1(6)5-3/h2*4-5H,3H2,1-2H3;2-3H2,(H2,4,5,6). The largest absolute Gasteiger partial charge is 0.343 e. The van der Waals surface area contributed by atoms with E-state index in [1.54, 1.807) is 10.9 Å². The first-order valence-corrected chi connectivity index (χ1v) is 5.70. The normalized spacial score (nSPS) is 8.44. The summed E-state index contributed by atoms with van der Waals surface area (Å²) in [5, 5.41) is 0. The maximum absolute atomic E-state index is 9.71. The third-order valence-electron chi connectivity index (χ3n) is 1.40. The van der Waals surface area contributed by atoms with Gasteiger partial charge < -0.3 is 9.59 Å². The van der Waals surface area contributed by atoms with Crippen molar-refractivity contribution in [2.24, 2.45) is 23.5 Å². The third kappa shape index (κ3) is 36.6. The third-order valence-corrected chi connectivity index (χ3v) is 1.40. The van der Waals surface area contributed by atoms with Gasteiger partial charge in [0.2, 0.25) is 0 Å². The van der Waals surface area contributed by atoms with Crippen molar-refractivity contribution in [2.75, 3.05) is 0 Å². The van der Waals surface area contributed by atoms with E-state index >= 15 is 0 Å². The summed E-state index contributed by atoms with van der Waals surface area (Å²) < 4.78 is 0. The minimum absolute atomic E-state index is 0.530. The molecule has 0 aliphatic heterocycles. The van der Waals surface area contributed by atoms with Gasteiger partial charge >= 0.3 is 6.03 Å². The lowest BCUT2D eigenvalue weighted by Gasteiger charge is -1.90. The summed E-state index contributed by atoms with van der Waals surface area (Å²) in [5.41, 5.74) is 3.48. The van der Waals surface area contributed by atoms with E-state index in [2.05, 4.69) is 11.7 Å². The number of amides is 2. The van der Waals surface area contributed by atoms with Crippen LogP contribution < -0.4 is 22.5 Å². The van der Waals surface area contributed by atoms with Gasteiger partial charge in [-0.1, -0.05) is 27.7 Å². The molecule has 0 fully saturated rings. The van der Waals surface area contributed by atoms with E-state index in [1.165, 1.54) is 0 Å². The van der Waals surface area contributed by atoms with Gasteiger partial charge in [-0.15, -0.1) is 0 Å². The fraction of sp³-hybridized carbons (Fsp3) is 0.727. The van der Waals surface area contributed by atoms with Crippen LogP contribution in [0.1, 0.15) is 40.5 Å². The number of urea groups is 1. The van der Waals surface area contributed by atoms with Gasteiger partial charge in [0.1, 0.15) is 12.6 Å². The minimum atomic E-state index is -0.602. The van der Waals surface area contributed by atoms with Crippen LogP contribution in [-0.4, -0.2) is 18.6 Å². The van der Waals surface area contributed by atoms with Crippen molar-refractivity contribution in [2.45, 2.75) is 40.5 Å². The zero-order valence-electron chi connectivity index (χ0n) is 11.6. The average Bonchev–Trinajstić information content (AvgIpc) is 2.29. The Kier molecular flexibility index (Phi) is 21.7. The molecule has 7 nitrogen and oxygen atoms in total. The van der Waals surface area contributed by atoms with E-state index < -0.39 is 6.03 Å². The number of nitrogens with one attached hydrogen (secondary N) is 2. The number of hydrazine groups is 2. The van der Waals surface area contributed by atoms with Crippen LogP contribution in [0.4, 0.5) is 4.79 Å². The van der Waals surface area contributed by atoms with Gasteiger partial charge in [-0.2, -0.15) is 0 Å². The minimum Gasteiger partial charge on any atom is -0.303 e. The molecule has 7 heteroatoms. The van der Waals surface area contributed by atoms with Gasteiger partial charge in [0.15, 0.2) is 0 Å². The second-order valence-corrected chi connectivity index (χ2v) is 4.21. The van der Waals surface area contributed by atoms with Crippen molar-refractivity contribution in [3.05, 3.63) is 0 Å². The van der Waals surface area contributed by atoms with Gasteiger partial charge in [0.05, 0.1) is 0 Å². The molecule has 108 valence electrons. The Hall–Kier alpha value is -1.47. The summed E-state index contributed by atoms with van der Waals surface area (Å²) in [7, 11) is 0. The summed E-state index contributed by atoms with van der Waals surface area (Å²) in [5.74, 6) is 10.1. The summed E-state index contributed by atoms with van der Waals surface area (Å²) in [6, 6.07) is -0.602. The molecule has 0 saturated carbocycles. The van der Waals surface area contributed by atoms with Crippen molar-refractivity contribution >= 4 is 18.6 Å². The molecule has 0 saturated heterocycles. The molecule has 0 aromatic carbocycles. The monoisotopic (exact) mass is 262 g/mol. The predicted octanol–water partition coefficient (Wildman–Crippen LogP) is 0.496. The van der Waals surface area contributed by atoms with Crippen LogP contribution in [-0.2, 0) is 9.59 Å². The first-order chi connectivity index (χ1) is 8.35. The Morgan fingerprint density at radius 2 is 1.22 bits per heavy atom. The maximum Gasteiger partial charge on any atom is 0.343 e. The number of carbonyl (C=O) groups excluding carboxylic acids is 3. The SMILES string of the molecule is CC(C)CC=O.CC(C)CC=O.NNC(=O)NN. The Morgan fingerprint density at radius 1 is 0.944 bits per heavy atom. The Labute approximate surface area is 109 Å². The number of nitrogens with two attached hydrogens (primary N) is 2. The predicted molar refractivity (Wildman–Crippen MR) is 71.1 cm³/mol. The molecule has 0 aromatic heterocycles. The lowest BCUT2D eigenvalue weighted by atomic mass is 10.2. The number of carbonyl (C=O) groups is 3. The van der Waals surface area contributed by atoms with Crippen LogP contribution in [0.3, 0.4) is 0 Å². The number of hydrogen-bond donors (Lipinski definition) is 4. The molecule has 0 rings (SSSR count). The summed E-state index contributed by atoms with van der Waals surface area (Å²) in [4.78, 5) is 28.9. The molecule has 0 atom stereocenters. The van der Waals surface area contributed by atoms with Gasteiger partial charge in [-0.25, -0.2) is 16.5 Å². The lowest BCUT2D eigenvalue weighted by Crippen LogP contribution is -2.43. The van der Waals surface area contributed by atoms with Crippen molar-refractivity contribution in [1.29, 1.82) is 0 Å². The number of aldehydes is 2. The zero-order valence-corrected chi connectivity index (χ0v) is 11.6. The molecule has 18 heavy (non-hydrogen) atoms. The highest BCUT2D eigenvalue weighted by atomic mass is 16.2. The fourth-order valence-corrected chi connectivity index (χ4v) is 0.427. The van der Waals surface area contributed by atoms with E-state index in [0.29, 0.717) is 24.7 Å². The molecule has 0 aliphatic carbocycles. The van der Waals surface area contributed by atoms with Crippen LogP contribution in [0.15, 0.2) is 0 Å². The highest BCUT2D eigenvalue weighted by Gasteiger charge is 1.86. The first-order valence-electron chi connectivity index (χ1n) is 5.70. The van der Waals surface area contributed by atoms with Crippen LogP contribution in [0, 0.1) is 11.8 Å². The van der Waals surface area contributed by atoms with Crippen molar-refractivity contribution in [1.82, 2.24) is 10.9 Å². The Bertz CT molecular complexity index is 188. The van der Waals surface area contributed by atoms with Gasteiger partial charge in [-0.3, -0.25) is 10.9 Å². The topological polar surface area (TPSA) is 127 Å². The lowest BCUT2D eigenvalue weighted by molar-refractivity contribution is -0.109. The molecular formula is C11H26N4O3. The van der Waals surface area contributed by atoms with Crippen molar-refractivity contribution in [3.63, 3.8) is 0 Å². The van der Waals surface area contributed by atoms with Crippen LogP contribution in [0.2, 0.25) is 0 Å². The smallest absolute Gasteiger partial charge is 0.303 e. The van der Waals surface area contributed by atoms with E-state index in [0.717, 1.165) is 12.6 Å². The molecule has 6 N–H and O–H groups in total. The maximum atomic E-state index is 9.71. The zero-order chi connectivity index (χ0) is 15.0. The van der Waals surface area contributed by atoms with E-state index in [4.69, 9.17) is 0 Å². The van der Waals surface area contributed by atoms with Gasteiger partial charge in [-0.05, 0) is 11.8 Å². The van der Waals surface area contributed by atoms with Crippen molar-refractivity contribution in [3.8, 4) is 0 Å². The second kappa shape index (κ2) is 17.9. The fourth-order valence-electron chi connectivity index (χ4n) is 0.427. The van der Waals surface area contributed by atoms with E-state index in [9.17, 15) is 14.4 Å². The summed E-state index contributed by atoms with van der Waals surface area (Å²) in [6.45, 7) is 8.09. The molecule has 0 aliphatic rings. The molecule has 0 aromatic rings. The van der Waals surface area contributed by atoms with E-state index in [1.807, 2.05) is 27.7 Å². The number of hydrogen-bond acceptors (Lipinski definition) is 5. The molecular weight excluding hydrogens is 236 g/mol. The molecule has 0 spiro atoms. The van der Waals surface area contributed by atoms with Crippen LogP contribution in [0.5, 0.6) is 0 Å². The summed E-state index contributed by atoms with van der Waals surface area (Å²) >= 11 is 0. The van der Waals surface area contributed by atoms with Gasteiger partial charge in [0.25, 0.3) is 0 Å².